The van der Waals surface area contributed by atoms with Gasteiger partial charge in [0.05, 0.1) is 16.9 Å². The number of aryl methyl sites for hydroxylation is 1. The van der Waals surface area contributed by atoms with E-state index in [0.29, 0.717) is 23.0 Å². The Balaban J connectivity index is 1.38. The highest BCUT2D eigenvalue weighted by Crippen LogP contribution is 2.34. The first kappa shape index (κ1) is 20.6. The predicted molar refractivity (Wildman–Crippen MR) is 124 cm³/mol. The maximum absolute atomic E-state index is 13.1. The second-order valence-electron chi connectivity index (χ2n) is 7.25. The van der Waals surface area contributed by atoms with Gasteiger partial charge in [0, 0.05) is 23.4 Å². The maximum Gasteiger partial charge on any atom is 0.277 e. The van der Waals surface area contributed by atoms with Gasteiger partial charge in [0.15, 0.2) is 17.2 Å². The number of carbonyl (C=O) groups is 1. The average molecular weight is 457 g/mol. The number of aromatic nitrogens is 3. The number of pyridine rings is 1. The monoisotopic (exact) mass is 456 g/mol. The minimum Gasteiger partial charge on any atom is -0.454 e. The molecule has 0 radical (unpaired) electrons. The van der Waals surface area contributed by atoms with Gasteiger partial charge in [-0.25, -0.2) is 9.67 Å². The van der Waals surface area contributed by atoms with Crippen LogP contribution in [0.15, 0.2) is 67.0 Å². The van der Waals surface area contributed by atoms with Gasteiger partial charge in [-0.3, -0.25) is 4.79 Å². The van der Waals surface area contributed by atoms with Crippen molar-refractivity contribution in [2.24, 2.45) is 0 Å². The highest BCUT2D eigenvalue weighted by molar-refractivity contribution is 6.34. The SMILES string of the molecule is Cc1cc(C#Cc2ccccc2)cnc1NC(=O)c1c(Cl)cnn1-c1ccc2c(c1)OCO2. The molecule has 1 aliphatic heterocycles. The Kier molecular flexibility index (Phi) is 5.43. The van der Waals surface area contributed by atoms with Crippen molar-refractivity contribution in [3.05, 3.63) is 94.4 Å². The Morgan fingerprint density at radius 3 is 2.64 bits per heavy atom. The molecule has 2 aromatic carbocycles. The van der Waals surface area contributed by atoms with Crippen LogP contribution >= 0.6 is 11.6 Å². The van der Waals surface area contributed by atoms with Crippen molar-refractivity contribution >= 4 is 23.3 Å². The number of fused-ring (bicyclic) bond motifs is 1. The Morgan fingerprint density at radius 2 is 1.82 bits per heavy atom. The first-order valence-corrected chi connectivity index (χ1v) is 10.4. The average Bonchev–Trinajstić information content (AvgIpc) is 3.45. The van der Waals surface area contributed by atoms with Crippen molar-refractivity contribution in [3.63, 3.8) is 0 Å². The molecule has 0 bridgehead atoms. The predicted octanol–water partition coefficient (Wildman–Crippen LogP) is 4.61. The summed E-state index contributed by atoms with van der Waals surface area (Å²) in [5, 5.41) is 7.29. The highest BCUT2D eigenvalue weighted by atomic mass is 35.5. The third kappa shape index (κ3) is 4.25. The van der Waals surface area contributed by atoms with Crippen LogP contribution in [0, 0.1) is 18.8 Å². The fraction of sp³-hybridized carbons (Fsp3) is 0.0800. The van der Waals surface area contributed by atoms with Crippen molar-refractivity contribution < 1.29 is 14.3 Å². The molecule has 0 atom stereocenters. The van der Waals surface area contributed by atoms with Gasteiger partial charge < -0.3 is 14.8 Å². The summed E-state index contributed by atoms with van der Waals surface area (Å²) in [4.78, 5) is 17.5. The molecule has 162 valence electrons. The Morgan fingerprint density at radius 1 is 1.03 bits per heavy atom. The summed E-state index contributed by atoms with van der Waals surface area (Å²) in [6.07, 6.45) is 3.04. The maximum atomic E-state index is 13.1. The van der Waals surface area contributed by atoms with Crippen LogP contribution in [0.2, 0.25) is 5.02 Å². The quantitative estimate of drug-likeness (QED) is 0.455. The summed E-state index contributed by atoms with van der Waals surface area (Å²) < 4.78 is 12.2. The molecule has 4 aromatic rings. The van der Waals surface area contributed by atoms with Crippen molar-refractivity contribution in [2.45, 2.75) is 6.92 Å². The smallest absolute Gasteiger partial charge is 0.277 e. The van der Waals surface area contributed by atoms with E-state index in [2.05, 4.69) is 27.2 Å². The van der Waals surface area contributed by atoms with Crippen LogP contribution in [0.3, 0.4) is 0 Å². The summed E-state index contributed by atoms with van der Waals surface area (Å²) in [5.41, 5.74) is 3.24. The van der Waals surface area contributed by atoms with Crippen molar-refractivity contribution in [1.29, 1.82) is 0 Å². The molecule has 5 rings (SSSR count). The van der Waals surface area contributed by atoms with Gasteiger partial charge in [0.2, 0.25) is 6.79 Å². The molecule has 3 heterocycles. The van der Waals surface area contributed by atoms with Gasteiger partial charge >= 0.3 is 0 Å². The second-order valence-corrected chi connectivity index (χ2v) is 7.66. The molecule has 33 heavy (non-hydrogen) atoms. The van der Waals surface area contributed by atoms with Crippen molar-refractivity contribution in [1.82, 2.24) is 14.8 Å². The van der Waals surface area contributed by atoms with E-state index < -0.39 is 5.91 Å². The zero-order valence-electron chi connectivity index (χ0n) is 17.5. The molecule has 2 aromatic heterocycles. The topological polar surface area (TPSA) is 78.3 Å². The molecule has 0 saturated carbocycles. The van der Waals surface area contributed by atoms with E-state index in [0.717, 1.165) is 16.7 Å². The number of benzene rings is 2. The van der Waals surface area contributed by atoms with Crippen LogP contribution < -0.4 is 14.8 Å². The van der Waals surface area contributed by atoms with Gasteiger partial charge in [0.1, 0.15) is 5.82 Å². The normalized spacial score (nSPS) is 11.6. The zero-order valence-corrected chi connectivity index (χ0v) is 18.3. The zero-order chi connectivity index (χ0) is 22.8. The summed E-state index contributed by atoms with van der Waals surface area (Å²) in [6.45, 7) is 2.01. The molecule has 0 fully saturated rings. The number of nitrogens with one attached hydrogen (secondary N) is 1. The number of amides is 1. The van der Waals surface area contributed by atoms with Crippen molar-refractivity contribution in [2.75, 3.05) is 12.1 Å². The second kappa shape index (κ2) is 8.69. The number of ether oxygens (including phenoxy) is 2. The molecule has 0 saturated heterocycles. The minimum absolute atomic E-state index is 0.155. The van der Waals surface area contributed by atoms with E-state index in [9.17, 15) is 4.79 Å². The lowest BCUT2D eigenvalue weighted by Gasteiger charge is -2.11. The van der Waals surface area contributed by atoms with E-state index in [-0.39, 0.29) is 17.5 Å². The molecule has 8 heteroatoms. The van der Waals surface area contributed by atoms with Crippen LogP contribution in [0.4, 0.5) is 5.82 Å². The lowest BCUT2D eigenvalue weighted by Crippen LogP contribution is -2.19. The number of carbonyl (C=O) groups excluding carboxylic acids is 1. The number of hydrogen-bond acceptors (Lipinski definition) is 5. The Bertz CT molecular complexity index is 1420. The highest BCUT2D eigenvalue weighted by Gasteiger charge is 2.22. The standard InChI is InChI=1S/C25H17ClN4O3/c1-16-11-18(8-7-17-5-3-2-4-6-17)13-27-24(16)29-25(31)23-20(26)14-28-30(23)19-9-10-21-22(12-19)33-15-32-21/h2-6,9-14H,15H2,1H3,(H,27,29,31). The summed E-state index contributed by atoms with van der Waals surface area (Å²) >= 11 is 6.30. The number of anilines is 1. The summed E-state index contributed by atoms with van der Waals surface area (Å²) in [6, 6.07) is 16.8. The molecular weight excluding hydrogens is 440 g/mol. The van der Waals surface area contributed by atoms with Gasteiger partial charge in [-0.05, 0) is 42.8 Å². The van der Waals surface area contributed by atoms with Gasteiger partial charge in [-0.15, -0.1) is 0 Å². The van der Waals surface area contributed by atoms with Gasteiger partial charge in [-0.2, -0.15) is 5.10 Å². The number of hydrogen-bond donors (Lipinski definition) is 1. The third-order valence-electron chi connectivity index (χ3n) is 4.98. The van der Waals surface area contributed by atoms with Crippen LogP contribution in [0.25, 0.3) is 5.69 Å². The first-order valence-electron chi connectivity index (χ1n) is 10.1. The summed E-state index contributed by atoms with van der Waals surface area (Å²) in [5.74, 6) is 7.38. The van der Waals surface area contributed by atoms with Crippen molar-refractivity contribution in [3.8, 4) is 29.0 Å². The molecular formula is C25H17ClN4O3. The van der Waals surface area contributed by atoms with E-state index in [4.69, 9.17) is 21.1 Å². The molecule has 1 N–H and O–H groups in total. The molecule has 1 aliphatic rings. The molecule has 0 aliphatic carbocycles. The number of nitrogens with zero attached hydrogens (tertiary/aromatic N) is 3. The van der Waals surface area contributed by atoms with E-state index in [1.54, 1.807) is 24.4 Å². The third-order valence-corrected chi connectivity index (χ3v) is 5.25. The van der Waals surface area contributed by atoms with E-state index in [1.807, 2.05) is 43.3 Å². The molecule has 7 nitrogen and oxygen atoms in total. The number of halogens is 1. The fourth-order valence-corrected chi connectivity index (χ4v) is 3.56. The van der Waals surface area contributed by atoms with Crippen LogP contribution in [-0.4, -0.2) is 27.5 Å². The van der Waals surface area contributed by atoms with E-state index in [1.165, 1.54) is 10.9 Å². The minimum atomic E-state index is -0.436. The molecule has 1 amide bonds. The van der Waals surface area contributed by atoms with E-state index >= 15 is 0 Å². The van der Waals surface area contributed by atoms with Gasteiger partial charge in [-0.1, -0.05) is 41.6 Å². The van der Waals surface area contributed by atoms with Crippen LogP contribution in [0.1, 0.15) is 27.2 Å². The summed E-state index contributed by atoms with van der Waals surface area (Å²) in [7, 11) is 0. The largest absolute Gasteiger partial charge is 0.454 e. The lowest BCUT2D eigenvalue weighted by molar-refractivity contribution is 0.101. The van der Waals surface area contributed by atoms with Crippen LogP contribution in [0.5, 0.6) is 11.5 Å². The molecule has 0 spiro atoms. The Hall–Kier alpha value is -4.28. The lowest BCUT2D eigenvalue weighted by atomic mass is 10.1. The van der Waals surface area contributed by atoms with Crippen LogP contribution in [-0.2, 0) is 0 Å². The Labute approximate surface area is 194 Å². The van der Waals surface area contributed by atoms with Gasteiger partial charge in [0.25, 0.3) is 5.91 Å². The fourth-order valence-electron chi connectivity index (χ4n) is 3.35. The number of rotatable bonds is 3. The first-order chi connectivity index (χ1) is 16.1. The molecule has 0 unspecified atom stereocenters.